The maximum absolute atomic E-state index is 12.9. The third-order valence-electron chi connectivity index (χ3n) is 4.04. The molecule has 0 fully saturated rings. The zero-order valence-corrected chi connectivity index (χ0v) is 14.9. The molecule has 3 aromatic carbocycles. The molecule has 3 rings (SSSR count). The lowest BCUT2D eigenvalue weighted by Crippen LogP contribution is -2.21. The third kappa shape index (κ3) is 4.11. The molecule has 0 bridgehead atoms. The Balaban J connectivity index is 2.07. The van der Waals surface area contributed by atoms with Crippen LogP contribution in [0.1, 0.15) is 16.7 Å². The van der Waals surface area contributed by atoms with Gasteiger partial charge in [0.1, 0.15) is 0 Å². The number of benzene rings is 3. The van der Waals surface area contributed by atoms with E-state index in [2.05, 4.69) is 24.3 Å². The molecule has 0 heterocycles. The Kier molecular flexibility index (Phi) is 4.96. The third-order valence-corrected chi connectivity index (χ3v) is 6.48. The van der Waals surface area contributed by atoms with E-state index >= 15 is 0 Å². The van der Waals surface area contributed by atoms with Crippen molar-refractivity contribution < 1.29 is 13.2 Å². The lowest BCUT2D eigenvalue weighted by molar-refractivity contribution is -0.137. The van der Waals surface area contributed by atoms with Gasteiger partial charge in [-0.1, -0.05) is 71.8 Å². The van der Waals surface area contributed by atoms with Gasteiger partial charge in [-0.15, -0.1) is 0 Å². The summed E-state index contributed by atoms with van der Waals surface area (Å²) in [5.41, 5.74) is 1.71. The number of hydrogen-bond acceptors (Lipinski definition) is 0. The van der Waals surface area contributed by atoms with Gasteiger partial charge in [-0.05, 0) is 49.8 Å². The molecule has 0 unspecified atom stereocenters. The highest BCUT2D eigenvalue weighted by Gasteiger charge is 2.30. The molecule has 0 aliphatic carbocycles. The molecule has 4 heteroatoms. The van der Waals surface area contributed by atoms with Crippen molar-refractivity contribution in [1.82, 2.24) is 0 Å². The quantitative estimate of drug-likeness (QED) is 0.573. The Morgan fingerprint density at radius 1 is 0.560 bits per heavy atom. The first-order valence-electron chi connectivity index (χ1n) is 7.95. The summed E-state index contributed by atoms with van der Waals surface area (Å²) >= 11 is 0. The predicted molar refractivity (Wildman–Crippen MR) is 99.6 cm³/mol. The van der Waals surface area contributed by atoms with E-state index in [1.807, 2.05) is 38.1 Å². The Morgan fingerprint density at radius 3 is 1.20 bits per heavy atom. The summed E-state index contributed by atoms with van der Waals surface area (Å²) in [6.07, 6.45) is -4.31. The number of hydrogen-bond donors (Lipinski definition) is 0. The molecule has 0 aliphatic heterocycles. The van der Waals surface area contributed by atoms with E-state index in [0.29, 0.717) is 0 Å². The molecule has 128 valence electrons. The van der Waals surface area contributed by atoms with Crippen molar-refractivity contribution in [2.45, 2.75) is 20.0 Å². The highest BCUT2D eigenvalue weighted by Crippen LogP contribution is 2.35. The Hall–Kier alpha value is -2.12. The summed E-state index contributed by atoms with van der Waals surface area (Å²) < 4.78 is 38.6. The van der Waals surface area contributed by atoms with Crippen molar-refractivity contribution in [3.63, 3.8) is 0 Å². The molecular weight excluding hydrogens is 340 g/mol. The van der Waals surface area contributed by atoms with Crippen molar-refractivity contribution >= 4 is 23.8 Å². The lowest BCUT2D eigenvalue weighted by Gasteiger charge is -2.20. The van der Waals surface area contributed by atoms with E-state index in [1.54, 1.807) is 12.1 Å². The van der Waals surface area contributed by atoms with E-state index in [9.17, 15) is 13.2 Å². The van der Waals surface area contributed by atoms with Crippen LogP contribution >= 0.6 is 7.92 Å². The molecular formula is C21H18F3P. The van der Waals surface area contributed by atoms with Gasteiger partial charge in [0.2, 0.25) is 0 Å². The van der Waals surface area contributed by atoms with Crippen molar-refractivity contribution in [2.75, 3.05) is 0 Å². The molecule has 3 aromatic rings. The first kappa shape index (κ1) is 17.7. The second-order valence-corrected chi connectivity index (χ2v) is 8.27. The molecule has 0 spiro atoms. The fourth-order valence-electron chi connectivity index (χ4n) is 2.63. The van der Waals surface area contributed by atoms with Crippen LogP contribution < -0.4 is 15.9 Å². The topological polar surface area (TPSA) is 0 Å². The molecule has 0 N–H and O–H groups in total. The largest absolute Gasteiger partial charge is 0.416 e. The average Bonchev–Trinajstić information content (AvgIpc) is 2.58. The normalized spacial score (nSPS) is 11.8. The highest BCUT2D eigenvalue weighted by molar-refractivity contribution is 7.79. The first-order chi connectivity index (χ1) is 11.8. The standard InChI is InChI=1S/C21H18F3P/c1-15-3-9-18(10-4-15)25(19-11-5-16(2)6-12-19)20-13-7-17(8-14-20)21(22,23)24/h3-14H,1-2H3. The maximum Gasteiger partial charge on any atom is 0.416 e. The zero-order chi connectivity index (χ0) is 18.0. The Morgan fingerprint density at radius 2 is 0.880 bits per heavy atom. The van der Waals surface area contributed by atoms with Crippen LogP contribution in [0, 0.1) is 13.8 Å². The molecule has 0 amide bonds. The van der Waals surface area contributed by atoms with Gasteiger partial charge in [-0.3, -0.25) is 0 Å². The van der Waals surface area contributed by atoms with Crippen molar-refractivity contribution in [3.05, 3.63) is 89.5 Å². The summed E-state index contributed by atoms with van der Waals surface area (Å²) in [5, 5.41) is 3.17. The predicted octanol–water partition coefficient (Wildman–Crippen LogP) is 5.08. The molecule has 0 saturated heterocycles. The monoisotopic (exact) mass is 358 g/mol. The fourth-order valence-corrected chi connectivity index (χ4v) is 4.87. The lowest BCUT2D eigenvalue weighted by atomic mass is 10.2. The van der Waals surface area contributed by atoms with Crippen molar-refractivity contribution in [2.24, 2.45) is 0 Å². The van der Waals surface area contributed by atoms with Crippen molar-refractivity contribution in [3.8, 4) is 0 Å². The van der Waals surface area contributed by atoms with E-state index in [-0.39, 0.29) is 0 Å². The average molecular weight is 358 g/mol. The SMILES string of the molecule is Cc1ccc(P(c2ccc(C)cc2)c2ccc(C(F)(F)F)cc2)cc1. The van der Waals surface area contributed by atoms with E-state index in [1.165, 1.54) is 12.1 Å². The van der Waals surface area contributed by atoms with Crippen LogP contribution in [0.3, 0.4) is 0 Å². The van der Waals surface area contributed by atoms with E-state index in [4.69, 9.17) is 0 Å². The Labute approximate surface area is 147 Å². The Bertz CT molecular complexity index is 787. The van der Waals surface area contributed by atoms with Crippen LogP contribution in [0.5, 0.6) is 0 Å². The summed E-state index contributed by atoms with van der Waals surface area (Å²) in [4.78, 5) is 0. The minimum atomic E-state index is -4.31. The molecule has 25 heavy (non-hydrogen) atoms. The highest BCUT2D eigenvalue weighted by atomic mass is 31.1. The second kappa shape index (κ2) is 7.01. The van der Waals surface area contributed by atoms with Crippen LogP contribution in [0.4, 0.5) is 13.2 Å². The van der Waals surface area contributed by atoms with E-state index in [0.717, 1.165) is 27.0 Å². The van der Waals surface area contributed by atoms with Gasteiger partial charge in [0.25, 0.3) is 0 Å². The van der Waals surface area contributed by atoms with Gasteiger partial charge < -0.3 is 0 Å². The summed E-state index contributed by atoms with van der Waals surface area (Å²) in [6.45, 7) is 4.05. The molecule has 0 aliphatic rings. The number of alkyl halides is 3. The van der Waals surface area contributed by atoms with Gasteiger partial charge in [0.15, 0.2) is 0 Å². The second-order valence-electron chi connectivity index (χ2n) is 6.05. The summed E-state index contributed by atoms with van der Waals surface area (Å²) in [7, 11) is -0.886. The molecule has 0 nitrogen and oxygen atoms in total. The smallest absolute Gasteiger partial charge is 0.166 e. The van der Waals surface area contributed by atoms with Crippen LogP contribution in [0.15, 0.2) is 72.8 Å². The fraction of sp³-hybridized carbons (Fsp3) is 0.143. The summed E-state index contributed by atoms with van der Waals surface area (Å²) in [6, 6.07) is 22.0. The zero-order valence-electron chi connectivity index (χ0n) is 14.0. The molecule has 0 aromatic heterocycles. The number of halogens is 3. The molecule has 0 saturated carbocycles. The van der Waals surface area contributed by atoms with Gasteiger partial charge in [-0.25, -0.2) is 0 Å². The van der Waals surface area contributed by atoms with Crippen LogP contribution in [0.2, 0.25) is 0 Å². The van der Waals surface area contributed by atoms with Crippen LogP contribution in [0.25, 0.3) is 0 Å². The van der Waals surface area contributed by atoms with Crippen molar-refractivity contribution in [1.29, 1.82) is 0 Å². The van der Waals surface area contributed by atoms with Gasteiger partial charge in [0, 0.05) is 0 Å². The maximum atomic E-state index is 12.9. The minimum absolute atomic E-state index is 0.612. The number of rotatable bonds is 3. The molecule has 0 atom stereocenters. The van der Waals surface area contributed by atoms with Crippen LogP contribution in [-0.4, -0.2) is 0 Å². The number of aryl methyl sites for hydroxylation is 2. The summed E-state index contributed by atoms with van der Waals surface area (Å²) in [5.74, 6) is 0. The molecule has 0 radical (unpaired) electrons. The van der Waals surface area contributed by atoms with Gasteiger partial charge >= 0.3 is 6.18 Å². The van der Waals surface area contributed by atoms with Gasteiger partial charge in [0.05, 0.1) is 5.56 Å². The van der Waals surface area contributed by atoms with Crippen LogP contribution in [-0.2, 0) is 6.18 Å². The van der Waals surface area contributed by atoms with Gasteiger partial charge in [-0.2, -0.15) is 13.2 Å². The first-order valence-corrected chi connectivity index (χ1v) is 9.29. The van der Waals surface area contributed by atoms with E-state index < -0.39 is 19.7 Å². The minimum Gasteiger partial charge on any atom is -0.166 e.